The highest BCUT2D eigenvalue weighted by atomic mass is 16.4. The predicted molar refractivity (Wildman–Crippen MR) is 63.1 cm³/mol. The van der Waals surface area contributed by atoms with E-state index in [1.165, 1.54) is 31.3 Å². The van der Waals surface area contributed by atoms with Crippen molar-refractivity contribution in [2.45, 2.75) is 18.6 Å². The summed E-state index contributed by atoms with van der Waals surface area (Å²) in [5.74, 6) is -1.45. The monoisotopic (exact) mass is 253 g/mol. The molecule has 1 amide bonds. The maximum Gasteiger partial charge on any atom is 0.306 e. The summed E-state index contributed by atoms with van der Waals surface area (Å²) in [6.45, 7) is 0. The molecule has 0 aliphatic rings. The molecule has 6 heteroatoms. The maximum atomic E-state index is 11.3. The number of hydrogen-bond acceptors (Lipinski definition) is 4. The first-order chi connectivity index (χ1) is 8.45. The summed E-state index contributed by atoms with van der Waals surface area (Å²) < 4.78 is 0. The van der Waals surface area contributed by atoms with E-state index in [1.807, 2.05) is 0 Å². The minimum Gasteiger partial charge on any atom is -0.481 e. The number of carboxylic acid groups (broad SMARTS) is 1. The van der Waals surface area contributed by atoms with Crippen LogP contribution in [-0.2, 0) is 4.79 Å². The van der Waals surface area contributed by atoms with Crippen LogP contribution < -0.4 is 5.32 Å². The van der Waals surface area contributed by atoms with E-state index < -0.39 is 24.6 Å². The van der Waals surface area contributed by atoms with Crippen molar-refractivity contribution in [1.29, 1.82) is 0 Å². The molecule has 0 saturated heterocycles. The highest BCUT2D eigenvalue weighted by Crippen LogP contribution is 2.19. The largest absolute Gasteiger partial charge is 0.481 e. The van der Waals surface area contributed by atoms with E-state index in [9.17, 15) is 19.8 Å². The lowest BCUT2D eigenvalue weighted by Crippen LogP contribution is -2.22. The third-order valence-corrected chi connectivity index (χ3v) is 2.49. The number of aliphatic carboxylic acids is 1. The summed E-state index contributed by atoms with van der Waals surface area (Å²) in [5, 5.41) is 30.1. The van der Waals surface area contributed by atoms with Crippen molar-refractivity contribution < 1.29 is 24.9 Å². The lowest BCUT2D eigenvalue weighted by molar-refractivity contribution is -0.141. The number of benzene rings is 1. The fourth-order valence-electron chi connectivity index (χ4n) is 1.49. The van der Waals surface area contributed by atoms with Gasteiger partial charge in [-0.15, -0.1) is 0 Å². The van der Waals surface area contributed by atoms with Crippen LogP contribution in [0.5, 0.6) is 0 Å². The van der Waals surface area contributed by atoms with Crippen molar-refractivity contribution in [2.75, 3.05) is 7.05 Å². The number of carboxylic acids is 1. The van der Waals surface area contributed by atoms with Crippen LogP contribution >= 0.6 is 0 Å². The average molecular weight is 253 g/mol. The molecule has 98 valence electrons. The summed E-state index contributed by atoms with van der Waals surface area (Å²) in [4.78, 5) is 21.7. The summed E-state index contributed by atoms with van der Waals surface area (Å²) >= 11 is 0. The molecule has 0 aliphatic carbocycles. The van der Waals surface area contributed by atoms with Gasteiger partial charge in [-0.1, -0.05) is 12.1 Å². The van der Waals surface area contributed by atoms with Crippen molar-refractivity contribution in [3.63, 3.8) is 0 Å². The Morgan fingerprint density at radius 3 is 2.22 bits per heavy atom. The standard InChI is InChI=1S/C12H15NO5/c1-13-12(18)8-4-2-7(3-5-8)11(17)9(14)6-10(15)16/h2-5,9,11,14,17H,6H2,1H3,(H,13,18)(H,15,16). The predicted octanol–water partition coefficient (Wildman–Crippen LogP) is -0.0848. The van der Waals surface area contributed by atoms with Gasteiger partial charge in [-0.3, -0.25) is 9.59 Å². The molecule has 4 N–H and O–H groups in total. The van der Waals surface area contributed by atoms with Crippen LogP contribution in [0.4, 0.5) is 0 Å². The van der Waals surface area contributed by atoms with Crippen LogP contribution in [0.25, 0.3) is 0 Å². The fraction of sp³-hybridized carbons (Fsp3) is 0.333. The Bertz CT molecular complexity index is 429. The Morgan fingerprint density at radius 2 is 1.78 bits per heavy atom. The van der Waals surface area contributed by atoms with E-state index >= 15 is 0 Å². The molecule has 0 fully saturated rings. The van der Waals surface area contributed by atoms with Gasteiger partial charge in [0.05, 0.1) is 12.5 Å². The van der Waals surface area contributed by atoms with Crippen molar-refractivity contribution in [3.8, 4) is 0 Å². The van der Waals surface area contributed by atoms with Crippen LogP contribution in [-0.4, -0.2) is 40.3 Å². The summed E-state index contributed by atoms with van der Waals surface area (Å²) in [7, 11) is 1.50. The Hall–Kier alpha value is -1.92. The Kier molecular flexibility index (Phi) is 4.82. The smallest absolute Gasteiger partial charge is 0.306 e. The molecule has 0 radical (unpaired) electrons. The van der Waals surface area contributed by atoms with Crippen LogP contribution in [0.3, 0.4) is 0 Å². The highest BCUT2D eigenvalue weighted by molar-refractivity contribution is 5.93. The van der Waals surface area contributed by atoms with Crippen molar-refractivity contribution in [2.24, 2.45) is 0 Å². The lowest BCUT2D eigenvalue weighted by atomic mass is 10.0. The number of rotatable bonds is 5. The second kappa shape index (κ2) is 6.13. The molecule has 1 aromatic rings. The van der Waals surface area contributed by atoms with Crippen LogP contribution in [0.1, 0.15) is 28.4 Å². The second-order valence-electron chi connectivity index (χ2n) is 3.81. The van der Waals surface area contributed by atoms with Gasteiger partial charge in [0.1, 0.15) is 6.10 Å². The van der Waals surface area contributed by atoms with Gasteiger partial charge in [0.25, 0.3) is 5.91 Å². The van der Waals surface area contributed by atoms with E-state index in [0.29, 0.717) is 11.1 Å². The summed E-state index contributed by atoms with van der Waals surface area (Å²) in [6, 6.07) is 5.93. The molecule has 18 heavy (non-hydrogen) atoms. The van der Waals surface area contributed by atoms with Gasteiger partial charge < -0.3 is 20.6 Å². The molecule has 0 aromatic heterocycles. The third kappa shape index (κ3) is 3.54. The minimum absolute atomic E-state index is 0.262. The molecule has 1 aromatic carbocycles. The first-order valence-corrected chi connectivity index (χ1v) is 5.35. The molecular weight excluding hydrogens is 238 g/mol. The summed E-state index contributed by atoms with van der Waals surface area (Å²) in [5.41, 5.74) is 0.776. The van der Waals surface area contributed by atoms with E-state index in [2.05, 4.69) is 5.32 Å². The zero-order valence-corrected chi connectivity index (χ0v) is 9.83. The number of carbonyl (C=O) groups is 2. The first-order valence-electron chi connectivity index (χ1n) is 5.35. The van der Waals surface area contributed by atoms with Gasteiger partial charge in [0.15, 0.2) is 0 Å². The van der Waals surface area contributed by atoms with Crippen molar-refractivity contribution >= 4 is 11.9 Å². The summed E-state index contributed by atoms with van der Waals surface area (Å²) in [6.07, 6.45) is -3.22. The second-order valence-corrected chi connectivity index (χ2v) is 3.81. The van der Waals surface area contributed by atoms with Gasteiger partial charge in [0.2, 0.25) is 0 Å². The topological polar surface area (TPSA) is 107 Å². The number of hydrogen-bond donors (Lipinski definition) is 4. The minimum atomic E-state index is -1.38. The average Bonchev–Trinajstić information content (AvgIpc) is 2.36. The van der Waals surface area contributed by atoms with Crippen molar-refractivity contribution in [1.82, 2.24) is 5.32 Å². The van der Waals surface area contributed by atoms with Gasteiger partial charge in [-0.2, -0.15) is 0 Å². The molecule has 1 rings (SSSR count). The fourth-order valence-corrected chi connectivity index (χ4v) is 1.49. The van der Waals surface area contributed by atoms with Crippen LogP contribution in [0, 0.1) is 0 Å². The number of nitrogens with one attached hydrogen (secondary N) is 1. The van der Waals surface area contributed by atoms with Crippen LogP contribution in [0.2, 0.25) is 0 Å². The first kappa shape index (κ1) is 14.1. The molecule has 0 spiro atoms. The van der Waals surface area contributed by atoms with E-state index in [-0.39, 0.29) is 5.91 Å². The van der Waals surface area contributed by atoms with Gasteiger partial charge in [-0.05, 0) is 17.7 Å². The molecular formula is C12H15NO5. The number of carbonyl (C=O) groups excluding carboxylic acids is 1. The normalized spacial score (nSPS) is 13.7. The SMILES string of the molecule is CNC(=O)c1ccc(C(O)C(O)CC(=O)O)cc1. The number of amides is 1. The number of aliphatic hydroxyl groups excluding tert-OH is 2. The lowest BCUT2D eigenvalue weighted by Gasteiger charge is -2.16. The zero-order chi connectivity index (χ0) is 13.7. The molecule has 2 unspecified atom stereocenters. The van der Waals surface area contributed by atoms with Gasteiger partial charge in [-0.25, -0.2) is 0 Å². The van der Waals surface area contributed by atoms with E-state index in [0.717, 1.165) is 0 Å². The molecule has 6 nitrogen and oxygen atoms in total. The maximum absolute atomic E-state index is 11.3. The van der Waals surface area contributed by atoms with Crippen molar-refractivity contribution in [3.05, 3.63) is 35.4 Å². The molecule has 2 atom stereocenters. The van der Waals surface area contributed by atoms with Crippen LogP contribution in [0.15, 0.2) is 24.3 Å². The quantitative estimate of drug-likeness (QED) is 0.587. The zero-order valence-electron chi connectivity index (χ0n) is 9.83. The molecule has 0 heterocycles. The Morgan fingerprint density at radius 1 is 1.22 bits per heavy atom. The number of aliphatic hydroxyl groups is 2. The van der Waals surface area contributed by atoms with E-state index in [1.54, 1.807) is 0 Å². The van der Waals surface area contributed by atoms with Gasteiger partial charge >= 0.3 is 5.97 Å². The van der Waals surface area contributed by atoms with Gasteiger partial charge in [0, 0.05) is 12.6 Å². The Labute approximate surface area is 104 Å². The highest BCUT2D eigenvalue weighted by Gasteiger charge is 2.21. The third-order valence-electron chi connectivity index (χ3n) is 2.49. The van der Waals surface area contributed by atoms with E-state index in [4.69, 9.17) is 5.11 Å². The Balaban J connectivity index is 2.78. The molecule has 0 bridgehead atoms. The molecule has 0 saturated carbocycles. The molecule has 0 aliphatic heterocycles.